The number of rotatable bonds is 10. The van der Waals surface area contributed by atoms with E-state index in [4.69, 9.17) is 24.2 Å². The summed E-state index contributed by atoms with van der Waals surface area (Å²) in [7, 11) is 3.16. The van der Waals surface area contributed by atoms with Crippen molar-refractivity contribution < 1.29 is 23.7 Å². The summed E-state index contributed by atoms with van der Waals surface area (Å²) in [6, 6.07) is 14.9. The molecule has 2 aromatic rings. The van der Waals surface area contributed by atoms with Crippen LogP contribution >= 0.6 is 0 Å². The maximum atomic E-state index is 13.1. The molecular formula is C25H28N2O5. The smallest absolute Gasteiger partial charge is 0.246 e. The summed E-state index contributed by atoms with van der Waals surface area (Å²) in [6.07, 6.45) is 5.29. The first-order valence-electron chi connectivity index (χ1n) is 10.5. The van der Waals surface area contributed by atoms with Crippen LogP contribution in [0.25, 0.3) is 6.08 Å². The minimum absolute atomic E-state index is 0.0405. The highest BCUT2D eigenvalue weighted by atomic mass is 16.5. The van der Waals surface area contributed by atoms with Crippen molar-refractivity contribution in [1.82, 2.24) is 4.90 Å². The summed E-state index contributed by atoms with van der Waals surface area (Å²) >= 11 is 0. The van der Waals surface area contributed by atoms with Gasteiger partial charge in [0, 0.05) is 31.3 Å². The molecule has 0 saturated carbocycles. The number of hydrogen-bond donors (Lipinski definition) is 0. The minimum Gasteiger partial charge on any atom is -0.496 e. The summed E-state index contributed by atoms with van der Waals surface area (Å²) < 4.78 is 21.9. The van der Waals surface area contributed by atoms with E-state index in [2.05, 4.69) is 0 Å². The Balaban J connectivity index is 1.76. The molecule has 0 bridgehead atoms. The number of methoxy groups -OCH3 is 2. The lowest BCUT2D eigenvalue weighted by Crippen LogP contribution is -2.36. The fourth-order valence-electron chi connectivity index (χ4n) is 3.60. The van der Waals surface area contributed by atoms with Gasteiger partial charge in [0.15, 0.2) is 18.1 Å². The molecule has 1 heterocycles. The number of nitriles is 1. The molecule has 1 amide bonds. The Morgan fingerprint density at radius 2 is 2.00 bits per heavy atom. The number of carbonyl (C=O) groups excluding carboxylic acids is 1. The second-order valence-electron chi connectivity index (χ2n) is 7.36. The first-order chi connectivity index (χ1) is 15.6. The van der Waals surface area contributed by atoms with Crippen LogP contribution in [0.5, 0.6) is 17.2 Å². The predicted octanol–water partition coefficient (Wildman–Crippen LogP) is 3.83. The quantitative estimate of drug-likeness (QED) is 0.527. The van der Waals surface area contributed by atoms with Gasteiger partial charge in [0.25, 0.3) is 0 Å². The fourth-order valence-corrected chi connectivity index (χ4v) is 3.60. The largest absolute Gasteiger partial charge is 0.496 e. The molecule has 7 nitrogen and oxygen atoms in total. The zero-order valence-electron chi connectivity index (χ0n) is 18.5. The van der Waals surface area contributed by atoms with Gasteiger partial charge in [0.05, 0.1) is 20.3 Å². The summed E-state index contributed by atoms with van der Waals surface area (Å²) in [5.74, 6) is 1.61. The summed E-state index contributed by atoms with van der Waals surface area (Å²) in [6.45, 7) is 1.62. The van der Waals surface area contributed by atoms with Gasteiger partial charge in [0.1, 0.15) is 11.8 Å². The van der Waals surface area contributed by atoms with Crippen LogP contribution < -0.4 is 14.2 Å². The molecule has 0 radical (unpaired) electrons. The summed E-state index contributed by atoms with van der Waals surface area (Å²) in [4.78, 5) is 14.9. The second-order valence-corrected chi connectivity index (χ2v) is 7.36. The van der Waals surface area contributed by atoms with Gasteiger partial charge < -0.3 is 23.8 Å². The Kier molecular flexibility index (Phi) is 8.52. The van der Waals surface area contributed by atoms with Crippen LogP contribution in [0, 0.1) is 11.3 Å². The minimum atomic E-state index is -0.116. The molecule has 168 valence electrons. The highest BCUT2D eigenvalue weighted by molar-refractivity contribution is 5.92. The first kappa shape index (κ1) is 23.2. The molecule has 7 heteroatoms. The molecule has 0 aliphatic carbocycles. The zero-order chi connectivity index (χ0) is 22.8. The average molecular weight is 437 g/mol. The molecule has 0 spiro atoms. The molecule has 2 aromatic carbocycles. The predicted molar refractivity (Wildman–Crippen MR) is 121 cm³/mol. The molecule has 1 atom stereocenters. The number of para-hydroxylation sites is 1. The van der Waals surface area contributed by atoms with Gasteiger partial charge in [-0.15, -0.1) is 0 Å². The lowest BCUT2D eigenvalue weighted by Gasteiger charge is -2.25. The lowest BCUT2D eigenvalue weighted by molar-refractivity contribution is -0.128. The van der Waals surface area contributed by atoms with Gasteiger partial charge in [-0.25, -0.2) is 0 Å². The van der Waals surface area contributed by atoms with Crippen LogP contribution in [0.3, 0.4) is 0 Å². The number of amides is 1. The number of ether oxygens (including phenoxy) is 4. The Morgan fingerprint density at radius 1 is 1.19 bits per heavy atom. The third-order valence-corrected chi connectivity index (χ3v) is 5.21. The lowest BCUT2D eigenvalue weighted by atomic mass is 10.1. The molecule has 1 aliphatic rings. The molecule has 1 aliphatic heterocycles. The Morgan fingerprint density at radius 3 is 2.72 bits per heavy atom. The third-order valence-electron chi connectivity index (χ3n) is 5.21. The van der Waals surface area contributed by atoms with E-state index in [-0.39, 0.29) is 18.6 Å². The van der Waals surface area contributed by atoms with Crippen molar-refractivity contribution >= 4 is 12.0 Å². The van der Waals surface area contributed by atoms with Gasteiger partial charge in [0.2, 0.25) is 5.91 Å². The maximum Gasteiger partial charge on any atom is 0.246 e. The van der Waals surface area contributed by atoms with Crippen LogP contribution in [0.1, 0.15) is 24.0 Å². The summed E-state index contributed by atoms with van der Waals surface area (Å²) in [5, 5.41) is 8.70. The van der Waals surface area contributed by atoms with E-state index in [0.29, 0.717) is 24.6 Å². The highest BCUT2D eigenvalue weighted by Gasteiger charge is 2.22. The third kappa shape index (κ3) is 6.25. The maximum absolute atomic E-state index is 13.1. The van der Waals surface area contributed by atoms with E-state index in [1.807, 2.05) is 36.4 Å². The van der Waals surface area contributed by atoms with E-state index in [1.165, 1.54) is 7.11 Å². The Labute approximate surface area is 188 Å². The average Bonchev–Trinajstić information content (AvgIpc) is 3.34. The second kappa shape index (κ2) is 11.8. The number of carbonyl (C=O) groups is 1. The van der Waals surface area contributed by atoms with Crippen LogP contribution in [-0.4, -0.2) is 50.9 Å². The van der Waals surface area contributed by atoms with Gasteiger partial charge in [-0.1, -0.05) is 24.3 Å². The molecule has 1 unspecified atom stereocenters. The van der Waals surface area contributed by atoms with E-state index in [1.54, 1.807) is 36.3 Å². The summed E-state index contributed by atoms with van der Waals surface area (Å²) in [5.41, 5.74) is 1.73. The standard InChI is InChI=1S/C25H28N2O5/c1-29-22-8-4-3-6-20(22)17-27(18-21-7-5-14-31-21)25(28)12-10-19-9-11-23(32-15-13-26)24(16-19)30-2/h3-4,6,8-12,16,21H,5,7,14-15,17-18H2,1-2H3/b12-10+. The normalized spacial score (nSPS) is 15.3. The van der Waals surface area contributed by atoms with Crippen molar-refractivity contribution in [3.05, 3.63) is 59.7 Å². The van der Waals surface area contributed by atoms with Crippen molar-refractivity contribution in [3.8, 4) is 23.3 Å². The van der Waals surface area contributed by atoms with Gasteiger partial charge >= 0.3 is 0 Å². The Hall–Kier alpha value is -3.50. The number of benzene rings is 2. The topological polar surface area (TPSA) is 81.0 Å². The van der Waals surface area contributed by atoms with Crippen LogP contribution in [0.4, 0.5) is 0 Å². The zero-order valence-corrected chi connectivity index (χ0v) is 18.5. The highest BCUT2D eigenvalue weighted by Crippen LogP contribution is 2.28. The van der Waals surface area contributed by atoms with Gasteiger partial charge in [-0.2, -0.15) is 5.26 Å². The van der Waals surface area contributed by atoms with Crippen LogP contribution in [0.15, 0.2) is 48.5 Å². The molecule has 1 saturated heterocycles. The monoisotopic (exact) mass is 436 g/mol. The Bertz CT molecular complexity index is 977. The van der Waals surface area contributed by atoms with E-state index < -0.39 is 0 Å². The SMILES string of the molecule is COc1ccccc1CN(CC1CCCO1)C(=O)/C=C/c1ccc(OCC#N)c(OC)c1. The van der Waals surface area contributed by atoms with Crippen molar-refractivity contribution in [2.75, 3.05) is 34.0 Å². The molecular weight excluding hydrogens is 408 g/mol. The van der Waals surface area contributed by atoms with E-state index >= 15 is 0 Å². The number of hydrogen-bond acceptors (Lipinski definition) is 6. The van der Waals surface area contributed by atoms with Crippen molar-refractivity contribution in [3.63, 3.8) is 0 Å². The fraction of sp³-hybridized carbons (Fsp3) is 0.360. The van der Waals surface area contributed by atoms with Crippen molar-refractivity contribution in [2.24, 2.45) is 0 Å². The molecule has 32 heavy (non-hydrogen) atoms. The van der Waals surface area contributed by atoms with Gasteiger partial charge in [-0.05, 0) is 42.7 Å². The van der Waals surface area contributed by atoms with E-state index in [0.717, 1.165) is 36.3 Å². The van der Waals surface area contributed by atoms with Crippen LogP contribution in [-0.2, 0) is 16.1 Å². The number of nitrogens with zero attached hydrogens (tertiary/aromatic N) is 2. The van der Waals surface area contributed by atoms with Crippen molar-refractivity contribution in [1.29, 1.82) is 5.26 Å². The van der Waals surface area contributed by atoms with Crippen molar-refractivity contribution in [2.45, 2.75) is 25.5 Å². The van der Waals surface area contributed by atoms with Gasteiger partial charge in [-0.3, -0.25) is 4.79 Å². The molecule has 0 aromatic heterocycles. The van der Waals surface area contributed by atoms with Crippen LogP contribution in [0.2, 0.25) is 0 Å². The molecule has 3 rings (SSSR count). The molecule has 1 fully saturated rings. The first-order valence-corrected chi connectivity index (χ1v) is 10.5. The van der Waals surface area contributed by atoms with E-state index in [9.17, 15) is 4.79 Å². The molecule has 0 N–H and O–H groups in total.